The number of nitrogens with one attached hydrogen (secondary N) is 2. The van der Waals surface area contributed by atoms with Gasteiger partial charge < -0.3 is 25.2 Å². The maximum atomic E-state index is 13.5. The number of piperazine rings is 1. The minimum atomic E-state index is -0.740. The van der Waals surface area contributed by atoms with Crippen molar-refractivity contribution in [3.8, 4) is 11.5 Å². The number of hydrogen-bond acceptors (Lipinski definition) is 6. The molecule has 45 heavy (non-hydrogen) atoms. The number of likely N-dealkylation sites (tertiary alicyclic amines) is 1. The maximum absolute atomic E-state index is 13.5. The minimum Gasteiger partial charge on any atom is -0.457 e. The Bertz CT molecular complexity index is 1230. The van der Waals surface area contributed by atoms with Crippen molar-refractivity contribution >= 4 is 42.5 Å². The third kappa shape index (κ3) is 10.1. The van der Waals surface area contributed by atoms with Gasteiger partial charge in [0.2, 0.25) is 11.8 Å². The van der Waals surface area contributed by atoms with E-state index in [-0.39, 0.29) is 42.5 Å². The fourth-order valence-electron chi connectivity index (χ4n) is 5.95. The lowest BCUT2D eigenvalue weighted by atomic mass is 9.80. The van der Waals surface area contributed by atoms with Crippen LogP contribution in [-0.2, 0) is 16.1 Å². The normalized spacial score (nSPS) is 17.9. The zero-order chi connectivity index (χ0) is 31.0. The molecule has 0 unspecified atom stereocenters. The van der Waals surface area contributed by atoms with Crippen molar-refractivity contribution in [2.45, 2.75) is 71.0 Å². The Morgan fingerprint density at radius 2 is 1.62 bits per heavy atom. The molecule has 250 valence electrons. The third-order valence-corrected chi connectivity index (χ3v) is 8.46. The number of nitrogens with zero attached hydrogens (tertiary/aromatic N) is 3. The molecule has 3 amide bonds. The number of piperidine rings is 1. The molecule has 2 aromatic rings. The van der Waals surface area contributed by atoms with Crippen LogP contribution in [0, 0.1) is 5.92 Å². The highest BCUT2D eigenvalue weighted by atomic mass is 35.5. The van der Waals surface area contributed by atoms with E-state index in [9.17, 15) is 14.4 Å². The molecule has 0 radical (unpaired) electrons. The number of amides is 3. The first-order valence-electron chi connectivity index (χ1n) is 15.8. The van der Waals surface area contributed by atoms with Gasteiger partial charge in [0.15, 0.2) is 0 Å². The fraction of sp³-hybridized carbons (Fsp3) is 0.559. The van der Waals surface area contributed by atoms with Gasteiger partial charge >= 0.3 is 0 Å². The SMILES string of the molecule is CCCCN1C(=O)[C@H](CC(C)C)NC(=O)C12CCN(Cc1ccc(Oc3ccc(C(=O)NCCN(C)C)cc3)cc1)CC2.Cl.Cl. The van der Waals surface area contributed by atoms with Crippen LogP contribution in [0.5, 0.6) is 11.5 Å². The van der Waals surface area contributed by atoms with Crippen LogP contribution in [0.1, 0.15) is 68.8 Å². The van der Waals surface area contributed by atoms with Crippen molar-refractivity contribution in [1.29, 1.82) is 0 Å². The molecule has 1 spiro atoms. The van der Waals surface area contributed by atoms with Gasteiger partial charge in [-0.25, -0.2) is 0 Å². The summed E-state index contributed by atoms with van der Waals surface area (Å²) in [6, 6.07) is 14.8. The second kappa shape index (κ2) is 17.7. The molecule has 4 rings (SSSR count). The van der Waals surface area contributed by atoms with E-state index < -0.39 is 11.6 Å². The number of rotatable bonds is 13. The van der Waals surface area contributed by atoms with Gasteiger partial charge in [0.25, 0.3) is 5.91 Å². The van der Waals surface area contributed by atoms with Gasteiger partial charge in [0, 0.05) is 44.8 Å². The highest BCUT2D eigenvalue weighted by Gasteiger charge is 2.53. The molecule has 1 atom stereocenters. The summed E-state index contributed by atoms with van der Waals surface area (Å²) in [6.45, 7) is 10.6. The Labute approximate surface area is 281 Å². The lowest BCUT2D eigenvalue weighted by Crippen LogP contribution is -2.73. The van der Waals surface area contributed by atoms with Gasteiger partial charge in [-0.15, -0.1) is 24.8 Å². The van der Waals surface area contributed by atoms with Crippen LogP contribution in [0.4, 0.5) is 0 Å². The lowest BCUT2D eigenvalue weighted by molar-refractivity contribution is -0.161. The first-order chi connectivity index (χ1) is 20.6. The second-order valence-corrected chi connectivity index (χ2v) is 12.6. The van der Waals surface area contributed by atoms with Crippen molar-refractivity contribution in [3.63, 3.8) is 0 Å². The van der Waals surface area contributed by atoms with Gasteiger partial charge in [-0.3, -0.25) is 19.3 Å². The third-order valence-electron chi connectivity index (χ3n) is 8.46. The average molecular weight is 665 g/mol. The molecule has 11 heteroatoms. The van der Waals surface area contributed by atoms with Crippen molar-refractivity contribution < 1.29 is 19.1 Å². The molecule has 2 heterocycles. The summed E-state index contributed by atoms with van der Waals surface area (Å²) in [4.78, 5) is 45.6. The average Bonchev–Trinajstić information content (AvgIpc) is 2.98. The molecule has 2 N–H and O–H groups in total. The first kappa shape index (κ1) is 38.3. The molecule has 2 aliphatic rings. The van der Waals surface area contributed by atoms with Crippen LogP contribution in [0.2, 0.25) is 0 Å². The summed E-state index contributed by atoms with van der Waals surface area (Å²) < 4.78 is 6.01. The van der Waals surface area contributed by atoms with E-state index in [0.29, 0.717) is 49.6 Å². The van der Waals surface area contributed by atoms with Crippen LogP contribution < -0.4 is 15.4 Å². The van der Waals surface area contributed by atoms with E-state index in [1.807, 2.05) is 36.0 Å². The summed E-state index contributed by atoms with van der Waals surface area (Å²) in [5.41, 5.74) is 1.02. The second-order valence-electron chi connectivity index (χ2n) is 12.6. The number of ether oxygens (including phenoxy) is 1. The van der Waals surface area contributed by atoms with Crippen LogP contribution in [-0.4, -0.2) is 90.8 Å². The molecule has 0 aromatic heterocycles. The summed E-state index contributed by atoms with van der Waals surface area (Å²) in [7, 11) is 3.94. The monoisotopic (exact) mass is 663 g/mol. The number of carbonyl (C=O) groups excluding carboxylic acids is 3. The summed E-state index contributed by atoms with van der Waals surface area (Å²) in [6.07, 6.45) is 3.86. The largest absolute Gasteiger partial charge is 0.457 e. The van der Waals surface area contributed by atoms with Gasteiger partial charge in [-0.05, 0) is 87.7 Å². The van der Waals surface area contributed by atoms with Gasteiger partial charge in [0.05, 0.1) is 0 Å². The summed E-state index contributed by atoms with van der Waals surface area (Å²) in [5.74, 6) is 1.75. The Hall–Kier alpha value is -2.85. The fourth-order valence-corrected chi connectivity index (χ4v) is 5.95. The molecule has 2 saturated heterocycles. The quantitative estimate of drug-likeness (QED) is 0.309. The van der Waals surface area contributed by atoms with Gasteiger partial charge in [-0.1, -0.05) is 39.3 Å². The summed E-state index contributed by atoms with van der Waals surface area (Å²) >= 11 is 0. The molecule has 0 bridgehead atoms. The van der Waals surface area contributed by atoms with Crippen molar-refractivity contribution in [1.82, 2.24) is 25.3 Å². The van der Waals surface area contributed by atoms with E-state index in [2.05, 4.69) is 48.4 Å². The maximum Gasteiger partial charge on any atom is 0.251 e. The van der Waals surface area contributed by atoms with Crippen molar-refractivity contribution in [3.05, 3.63) is 59.7 Å². The van der Waals surface area contributed by atoms with Crippen LogP contribution in [0.25, 0.3) is 0 Å². The lowest BCUT2D eigenvalue weighted by Gasteiger charge is -2.52. The zero-order valence-corrected chi connectivity index (χ0v) is 29.0. The Morgan fingerprint density at radius 3 is 2.18 bits per heavy atom. The molecule has 0 aliphatic carbocycles. The zero-order valence-electron chi connectivity index (χ0n) is 27.3. The number of likely N-dealkylation sites (N-methyl/N-ethyl adjacent to an activating group) is 1. The smallest absolute Gasteiger partial charge is 0.251 e. The molecule has 2 aliphatic heterocycles. The predicted molar refractivity (Wildman–Crippen MR) is 184 cm³/mol. The van der Waals surface area contributed by atoms with Crippen LogP contribution in [0.15, 0.2) is 48.5 Å². The highest BCUT2D eigenvalue weighted by molar-refractivity contribution is 6.00. The molecule has 2 aromatic carbocycles. The van der Waals surface area contributed by atoms with E-state index >= 15 is 0 Å². The standard InChI is InChI=1S/C34H49N5O4.2ClH/c1-6-7-19-39-32(41)30(23-25(2)3)36-33(42)34(39)16-20-38(21-17-34)24-26-8-12-28(13-9-26)43-29-14-10-27(11-15-29)31(40)35-18-22-37(4)5;;/h8-15,25,30H,6-7,16-24H2,1-5H3,(H,35,40)(H,36,42);2*1H/t30-;;/m0../s1. The van der Waals surface area contributed by atoms with E-state index in [1.165, 1.54) is 0 Å². The van der Waals surface area contributed by atoms with E-state index in [4.69, 9.17) is 4.74 Å². The number of benzene rings is 2. The van der Waals surface area contributed by atoms with E-state index in [1.54, 1.807) is 24.3 Å². The first-order valence-corrected chi connectivity index (χ1v) is 15.8. The number of carbonyl (C=O) groups is 3. The molecule has 0 saturated carbocycles. The summed E-state index contributed by atoms with van der Waals surface area (Å²) in [5, 5.41) is 6.01. The molecular weight excluding hydrogens is 613 g/mol. The number of unbranched alkanes of at least 4 members (excludes halogenated alkanes) is 1. The molecule has 2 fully saturated rings. The number of halogens is 2. The Balaban J connectivity index is 0.00000353. The van der Waals surface area contributed by atoms with Gasteiger partial charge in [0.1, 0.15) is 23.1 Å². The molecular formula is C34H51Cl2N5O4. The van der Waals surface area contributed by atoms with Gasteiger partial charge in [-0.2, -0.15) is 0 Å². The minimum absolute atomic E-state index is 0. The number of hydrogen-bond donors (Lipinski definition) is 2. The van der Waals surface area contributed by atoms with E-state index in [0.717, 1.165) is 50.3 Å². The van der Waals surface area contributed by atoms with Crippen molar-refractivity contribution in [2.24, 2.45) is 5.92 Å². The molecule has 9 nitrogen and oxygen atoms in total. The Morgan fingerprint density at radius 1 is 1.02 bits per heavy atom. The predicted octanol–water partition coefficient (Wildman–Crippen LogP) is 5.12. The van der Waals surface area contributed by atoms with Crippen LogP contribution >= 0.6 is 24.8 Å². The van der Waals surface area contributed by atoms with Crippen LogP contribution in [0.3, 0.4) is 0 Å². The topological polar surface area (TPSA) is 94.2 Å². The highest BCUT2D eigenvalue weighted by Crippen LogP contribution is 2.35. The van der Waals surface area contributed by atoms with Crippen molar-refractivity contribution in [2.75, 3.05) is 46.8 Å². The Kier molecular flexibility index (Phi) is 15.1.